The van der Waals surface area contributed by atoms with Gasteiger partial charge in [0, 0.05) is 23.1 Å². The Kier molecular flexibility index (Phi) is 4.03. The van der Waals surface area contributed by atoms with Crippen molar-refractivity contribution < 1.29 is 22.2 Å². The average Bonchev–Trinajstić information content (AvgIpc) is 3.15. The second kappa shape index (κ2) is 9.98. The molecule has 0 spiro atoms. The predicted octanol–water partition coefficient (Wildman–Crippen LogP) is 2.77. The van der Waals surface area contributed by atoms with Gasteiger partial charge >= 0.3 is 0 Å². The van der Waals surface area contributed by atoms with E-state index in [2.05, 4.69) is 15.6 Å². The lowest BCUT2D eigenvalue weighted by atomic mass is 10.1. The first-order valence-electron chi connectivity index (χ1n) is 12.8. The molecule has 0 aliphatic carbocycles. The Hall–Kier alpha value is -2.74. The third-order valence-corrected chi connectivity index (χ3v) is 4.13. The first-order chi connectivity index (χ1) is 17.2. The van der Waals surface area contributed by atoms with Gasteiger partial charge in [0.05, 0.1) is 25.1 Å². The summed E-state index contributed by atoms with van der Waals surface area (Å²) in [6.07, 6.45) is -4.67. The van der Waals surface area contributed by atoms with E-state index < -0.39 is 73.3 Å². The number of carbonyl (C=O) groups is 1. The van der Waals surface area contributed by atoms with Gasteiger partial charge in [-0.05, 0) is 36.1 Å². The van der Waals surface area contributed by atoms with E-state index in [0.29, 0.717) is 5.56 Å². The van der Waals surface area contributed by atoms with Gasteiger partial charge in [-0.2, -0.15) is 0 Å². The standard InChI is InChI=1S/C21H24N4O2S/c22-21-25-18(14-28-21)12-20(27)24-17-8-6-15(7-9-17)10-11-23-13-19(26)16-4-2-1-3-5-16/h1-9,14,19,23,26H,10-13H2,(H2,22,25)(H,24,27)/t19-/m1/s1/i6D,7D,8D,9D,10D2,11D2,14D. The summed E-state index contributed by atoms with van der Waals surface area (Å²) in [5.41, 5.74) is 4.67. The number of aliphatic hydroxyl groups is 1. The van der Waals surface area contributed by atoms with E-state index in [1.165, 1.54) is 0 Å². The third kappa shape index (κ3) is 6.16. The van der Waals surface area contributed by atoms with Crippen molar-refractivity contribution in [2.24, 2.45) is 0 Å². The van der Waals surface area contributed by atoms with Gasteiger partial charge in [-0.15, -0.1) is 11.3 Å². The van der Waals surface area contributed by atoms with Crippen LogP contribution in [0.2, 0.25) is 0 Å². The minimum Gasteiger partial charge on any atom is -0.387 e. The number of nitrogens with two attached hydrogens (primary N) is 1. The maximum Gasteiger partial charge on any atom is 0.230 e. The summed E-state index contributed by atoms with van der Waals surface area (Å²) in [7, 11) is 0. The number of nitrogen functional groups attached to an aromatic ring is 1. The molecule has 146 valence electrons. The van der Waals surface area contributed by atoms with Crippen molar-refractivity contribution >= 4 is 28.1 Å². The molecule has 0 radical (unpaired) electrons. The lowest BCUT2D eigenvalue weighted by Crippen LogP contribution is -2.23. The molecule has 1 atom stereocenters. The van der Waals surface area contributed by atoms with Crippen LogP contribution in [0.3, 0.4) is 0 Å². The minimum absolute atomic E-state index is 0.0390. The van der Waals surface area contributed by atoms with E-state index in [0.717, 1.165) is 11.3 Å². The first kappa shape index (κ1) is 11.3. The first-order valence-corrected chi connectivity index (χ1v) is 9.09. The van der Waals surface area contributed by atoms with Crippen molar-refractivity contribution in [3.8, 4) is 0 Å². The molecule has 1 aromatic heterocycles. The summed E-state index contributed by atoms with van der Waals surface area (Å²) in [6.45, 7) is -3.32. The number of thiazole rings is 1. The summed E-state index contributed by atoms with van der Waals surface area (Å²) < 4.78 is 74.1. The van der Waals surface area contributed by atoms with Crippen molar-refractivity contribution in [1.82, 2.24) is 10.3 Å². The van der Waals surface area contributed by atoms with Crippen LogP contribution in [0.25, 0.3) is 0 Å². The Morgan fingerprint density at radius 2 is 2.04 bits per heavy atom. The number of rotatable bonds is 9. The summed E-state index contributed by atoms with van der Waals surface area (Å²) in [4.78, 5) is 16.3. The number of amides is 1. The zero-order valence-electron chi connectivity index (χ0n) is 23.7. The van der Waals surface area contributed by atoms with Gasteiger partial charge in [-0.1, -0.05) is 42.4 Å². The second-order valence-corrected chi connectivity index (χ2v) is 6.46. The molecular weight excluding hydrogens is 372 g/mol. The normalized spacial score (nSPS) is 17.5. The quantitative estimate of drug-likeness (QED) is 0.439. The fraction of sp³-hybridized carbons (Fsp3) is 0.238. The van der Waals surface area contributed by atoms with Crippen LogP contribution in [0.5, 0.6) is 0 Å². The molecule has 28 heavy (non-hydrogen) atoms. The number of anilines is 2. The van der Waals surface area contributed by atoms with Crippen LogP contribution >= 0.6 is 11.3 Å². The molecule has 6 nitrogen and oxygen atoms in total. The van der Waals surface area contributed by atoms with Crippen molar-refractivity contribution in [3.05, 3.63) is 76.7 Å². The molecule has 0 fully saturated rings. The number of aromatic nitrogens is 1. The van der Waals surface area contributed by atoms with Crippen LogP contribution in [0.1, 0.15) is 35.3 Å². The minimum atomic E-state index is -3.08. The molecule has 0 bridgehead atoms. The lowest BCUT2D eigenvalue weighted by Gasteiger charge is -2.12. The molecule has 0 aliphatic heterocycles. The Labute approximate surface area is 181 Å². The molecule has 5 N–H and O–H groups in total. The van der Waals surface area contributed by atoms with E-state index in [9.17, 15) is 9.90 Å². The number of hydrogen-bond acceptors (Lipinski definition) is 6. The maximum atomic E-state index is 12.4. The van der Waals surface area contributed by atoms with Gasteiger partial charge in [-0.25, -0.2) is 4.98 Å². The van der Waals surface area contributed by atoms with Gasteiger partial charge in [-0.3, -0.25) is 4.79 Å². The maximum absolute atomic E-state index is 12.4. The largest absolute Gasteiger partial charge is 0.387 e. The molecule has 0 unspecified atom stereocenters. The van der Waals surface area contributed by atoms with E-state index in [4.69, 9.17) is 18.1 Å². The van der Waals surface area contributed by atoms with Crippen molar-refractivity contribution in [2.45, 2.75) is 18.9 Å². The molecule has 1 amide bonds. The van der Waals surface area contributed by atoms with Crippen LogP contribution in [-0.2, 0) is 17.6 Å². The van der Waals surface area contributed by atoms with Crippen molar-refractivity contribution in [1.29, 1.82) is 0 Å². The topological polar surface area (TPSA) is 100 Å². The van der Waals surface area contributed by atoms with E-state index >= 15 is 0 Å². The third-order valence-electron chi connectivity index (χ3n) is 3.49. The Morgan fingerprint density at radius 3 is 2.71 bits per heavy atom. The summed E-state index contributed by atoms with van der Waals surface area (Å²) in [5, 5.41) is 14.9. The predicted molar refractivity (Wildman–Crippen MR) is 113 cm³/mol. The molecule has 0 saturated heterocycles. The van der Waals surface area contributed by atoms with Gasteiger partial charge in [0.25, 0.3) is 0 Å². The van der Waals surface area contributed by atoms with E-state index in [1.807, 2.05) is 0 Å². The molecule has 3 aromatic rings. The number of carbonyl (C=O) groups excluding carboxylic acids is 1. The molecule has 1 heterocycles. The Balaban J connectivity index is 1.87. The van der Waals surface area contributed by atoms with Gasteiger partial charge in [0.1, 0.15) is 0 Å². The SMILES string of the molecule is [2H]c1sc(N)nc1CC(=O)Nc1c([2H])c([2H])c(C([2H])([2H])C([2H])([2H])NC[C@@H](O)c2ccccc2)c([2H])c1[2H]. The highest BCUT2D eigenvalue weighted by atomic mass is 32.1. The van der Waals surface area contributed by atoms with Gasteiger partial charge in [0.15, 0.2) is 5.13 Å². The van der Waals surface area contributed by atoms with E-state index in [1.54, 1.807) is 30.3 Å². The van der Waals surface area contributed by atoms with Crippen LogP contribution < -0.4 is 16.4 Å². The van der Waals surface area contributed by atoms with Gasteiger partial charge < -0.3 is 21.5 Å². The number of benzene rings is 2. The Bertz CT molecular complexity index is 1280. The summed E-state index contributed by atoms with van der Waals surface area (Å²) >= 11 is 0.860. The molecule has 0 aliphatic rings. The Morgan fingerprint density at radius 1 is 1.29 bits per heavy atom. The van der Waals surface area contributed by atoms with Crippen LogP contribution in [0, 0.1) is 0 Å². The van der Waals surface area contributed by atoms with Crippen LogP contribution in [0.15, 0.2) is 59.9 Å². The fourth-order valence-electron chi connectivity index (χ4n) is 2.19. The van der Waals surface area contributed by atoms with Gasteiger partial charge in [0.2, 0.25) is 5.91 Å². The zero-order chi connectivity index (χ0) is 27.7. The molecule has 3 rings (SSSR count). The van der Waals surface area contributed by atoms with Crippen LogP contribution in [-0.4, -0.2) is 29.0 Å². The second-order valence-electron chi connectivity index (χ2n) is 5.63. The summed E-state index contributed by atoms with van der Waals surface area (Å²) in [6, 6.07) is 4.99. The lowest BCUT2D eigenvalue weighted by molar-refractivity contribution is -0.115. The monoisotopic (exact) mass is 405 g/mol. The van der Waals surface area contributed by atoms with Crippen LogP contribution in [0.4, 0.5) is 10.8 Å². The molecular formula is C21H24N4O2S. The fourth-order valence-corrected chi connectivity index (χ4v) is 2.68. The van der Waals surface area contributed by atoms with Crippen molar-refractivity contribution in [3.63, 3.8) is 0 Å². The highest BCUT2D eigenvalue weighted by Crippen LogP contribution is 2.14. The highest BCUT2D eigenvalue weighted by molar-refractivity contribution is 7.13. The molecule has 2 aromatic carbocycles. The summed E-state index contributed by atoms with van der Waals surface area (Å²) in [5.74, 6) is -0.790. The smallest absolute Gasteiger partial charge is 0.230 e. The average molecular weight is 406 g/mol. The number of aliphatic hydroxyl groups excluding tert-OH is 1. The van der Waals surface area contributed by atoms with Crippen molar-refractivity contribution in [2.75, 3.05) is 24.1 Å². The number of hydrogen-bond donors (Lipinski definition) is 4. The molecule has 0 saturated carbocycles. The zero-order valence-corrected chi connectivity index (χ0v) is 15.5. The number of nitrogens with one attached hydrogen (secondary N) is 2. The number of nitrogens with zero attached hydrogens (tertiary/aromatic N) is 1. The highest BCUT2D eigenvalue weighted by Gasteiger charge is 2.08. The van der Waals surface area contributed by atoms with E-state index in [-0.39, 0.29) is 16.2 Å². The molecule has 7 heteroatoms.